The van der Waals surface area contributed by atoms with Gasteiger partial charge in [0.2, 0.25) is 5.91 Å². The zero-order valence-electron chi connectivity index (χ0n) is 12.5. The first kappa shape index (κ1) is 15.2. The third-order valence-electron chi connectivity index (χ3n) is 4.09. The molecule has 118 valence electrons. The predicted molar refractivity (Wildman–Crippen MR) is 98.4 cm³/mol. The van der Waals surface area contributed by atoms with E-state index in [9.17, 15) is 4.79 Å². The minimum absolute atomic E-state index is 0.225. The number of para-hydroxylation sites is 1. The molecule has 0 N–H and O–H groups in total. The van der Waals surface area contributed by atoms with Crippen LogP contribution in [0, 0.1) is 0 Å². The molecule has 4 rings (SSSR count). The topological polar surface area (TPSA) is 33.2 Å². The Labute approximate surface area is 147 Å². The van der Waals surface area contributed by atoms with Gasteiger partial charge in [-0.2, -0.15) is 11.3 Å². The Balaban J connectivity index is 1.43. The van der Waals surface area contributed by atoms with E-state index >= 15 is 0 Å². The minimum atomic E-state index is 0.225. The van der Waals surface area contributed by atoms with Gasteiger partial charge < -0.3 is 4.90 Å². The van der Waals surface area contributed by atoms with E-state index in [1.54, 1.807) is 34.4 Å². The number of benzene rings is 1. The molecule has 0 saturated carbocycles. The van der Waals surface area contributed by atoms with Gasteiger partial charge in [0, 0.05) is 6.54 Å². The molecule has 1 aliphatic heterocycles. The number of likely N-dealkylation sites (tertiary alicyclic amines) is 1. The quantitative estimate of drug-likeness (QED) is 0.626. The molecule has 0 spiro atoms. The number of thiazole rings is 1. The highest BCUT2D eigenvalue weighted by Gasteiger charge is 2.30. The SMILES string of the molecule is O=C(CSc1nc2ccccc2s1)N1CCCC1c1ccsc1. The Morgan fingerprint density at radius 2 is 2.26 bits per heavy atom. The summed E-state index contributed by atoms with van der Waals surface area (Å²) in [6, 6.07) is 10.5. The summed E-state index contributed by atoms with van der Waals surface area (Å²) >= 11 is 4.92. The molecule has 1 aliphatic rings. The molecule has 3 heterocycles. The summed E-state index contributed by atoms with van der Waals surface area (Å²) in [6.07, 6.45) is 2.17. The zero-order chi connectivity index (χ0) is 15.6. The second kappa shape index (κ2) is 6.63. The number of amides is 1. The molecule has 6 heteroatoms. The van der Waals surface area contributed by atoms with Crippen molar-refractivity contribution in [2.75, 3.05) is 12.3 Å². The van der Waals surface area contributed by atoms with Gasteiger partial charge >= 0.3 is 0 Å². The number of thioether (sulfide) groups is 1. The number of hydrogen-bond donors (Lipinski definition) is 0. The monoisotopic (exact) mass is 360 g/mol. The largest absolute Gasteiger partial charge is 0.335 e. The summed E-state index contributed by atoms with van der Waals surface area (Å²) in [5.74, 6) is 0.698. The van der Waals surface area contributed by atoms with Crippen LogP contribution in [-0.4, -0.2) is 28.1 Å². The Kier molecular flexibility index (Phi) is 4.37. The van der Waals surface area contributed by atoms with E-state index in [-0.39, 0.29) is 11.9 Å². The van der Waals surface area contributed by atoms with E-state index in [2.05, 4.69) is 27.9 Å². The number of carbonyl (C=O) groups excluding carboxylic acids is 1. The lowest BCUT2D eigenvalue weighted by Gasteiger charge is -2.24. The van der Waals surface area contributed by atoms with Crippen molar-refractivity contribution in [1.29, 1.82) is 0 Å². The molecule has 1 saturated heterocycles. The third-order valence-corrected chi connectivity index (χ3v) is 6.96. The average molecular weight is 361 g/mol. The first-order valence-corrected chi connectivity index (χ1v) is 10.4. The first-order valence-electron chi connectivity index (χ1n) is 7.61. The molecule has 1 aromatic carbocycles. The Hall–Kier alpha value is -1.37. The average Bonchev–Trinajstić information content (AvgIpc) is 3.31. The van der Waals surface area contributed by atoms with Crippen LogP contribution >= 0.6 is 34.4 Å². The number of aromatic nitrogens is 1. The Morgan fingerprint density at radius 3 is 3.09 bits per heavy atom. The summed E-state index contributed by atoms with van der Waals surface area (Å²) in [5, 5.41) is 4.25. The highest BCUT2D eigenvalue weighted by molar-refractivity contribution is 8.01. The van der Waals surface area contributed by atoms with Crippen molar-refractivity contribution in [3.05, 3.63) is 46.7 Å². The van der Waals surface area contributed by atoms with E-state index in [1.807, 2.05) is 23.1 Å². The van der Waals surface area contributed by atoms with Crippen LogP contribution in [0.4, 0.5) is 0 Å². The third kappa shape index (κ3) is 3.16. The standard InChI is InChI=1S/C17H16N2OS3/c20-16(19-8-3-5-14(19)12-7-9-21-10-12)11-22-17-18-13-4-1-2-6-15(13)23-17/h1-2,4,6-7,9-10,14H,3,5,8,11H2. The second-order valence-corrected chi connectivity index (χ2v) is 8.57. The molecule has 0 bridgehead atoms. The van der Waals surface area contributed by atoms with Crippen LogP contribution in [0.5, 0.6) is 0 Å². The molecular formula is C17H16N2OS3. The summed E-state index contributed by atoms with van der Waals surface area (Å²) in [4.78, 5) is 19.3. The van der Waals surface area contributed by atoms with Crippen LogP contribution < -0.4 is 0 Å². The van der Waals surface area contributed by atoms with Gasteiger partial charge in [-0.15, -0.1) is 11.3 Å². The minimum Gasteiger partial charge on any atom is -0.335 e. The molecule has 23 heavy (non-hydrogen) atoms. The van der Waals surface area contributed by atoms with Crippen molar-refractivity contribution in [1.82, 2.24) is 9.88 Å². The van der Waals surface area contributed by atoms with Crippen molar-refractivity contribution in [2.24, 2.45) is 0 Å². The highest BCUT2D eigenvalue weighted by atomic mass is 32.2. The van der Waals surface area contributed by atoms with Crippen LogP contribution in [0.2, 0.25) is 0 Å². The molecule has 1 fully saturated rings. The summed E-state index contributed by atoms with van der Waals surface area (Å²) < 4.78 is 2.16. The Bertz CT molecular complexity index is 779. The summed E-state index contributed by atoms with van der Waals surface area (Å²) in [7, 11) is 0. The van der Waals surface area contributed by atoms with E-state index in [0.29, 0.717) is 5.75 Å². The maximum Gasteiger partial charge on any atom is 0.233 e. The normalized spacial score (nSPS) is 17.9. The lowest BCUT2D eigenvalue weighted by Crippen LogP contribution is -2.31. The van der Waals surface area contributed by atoms with Gasteiger partial charge in [-0.25, -0.2) is 4.98 Å². The lowest BCUT2D eigenvalue weighted by atomic mass is 10.1. The first-order chi connectivity index (χ1) is 11.3. The highest BCUT2D eigenvalue weighted by Crippen LogP contribution is 2.35. The van der Waals surface area contributed by atoms with Crippen LogP contribution in [-0.2, 0) is 4.79 Å². The van der Waals surface area contributed by atoms with Crippen molar-refractivity contribution in [3.8, 4) is 0 Å². The van der Waals surface area contributed by atoms with Gasteiger partial charge in [0.1, 0.15) is 0 Å². The smallest absolute Gasteiger partial charge is 0.233 e. The van der Waals surface area contributed by atoms with Gasteiger partial charge in [0.15, 0.2) is 4.34 Å². The lowest BCUT2D eigenvalue weighted by molar-refractivity contribution is -0.129. The molecule has 2 aromatic heterocycles. The van der Waals surface area contributed by atoms with E-state index < -0.39 is 0 Å². The molecule has 3 aromatic rings. The number of hydrogen-bond acceptors (Lipinski definition) is 5. The molecule has 1 amide bonds. The van der Waals surface area contributed by atoms with Crippen molar-refractivity contribution < 1.29 is 4.79 Å². The van der Waals surface area contributed by atoms with Crippen molar-refractivity contribution >= 4 is 50.6 Å². The fourth-order valence-electron chi connectivity index (χ4n) is 3.00. The van der Waals surface area contributed by atoms with E-state index in [1.165, 1.54) is 10.3 Å². The van der Waals surface area contributed by atoms with Crippen LogP contribution in [0.3, 0.4) is 0 Å². The summed E-state index contributed by atoms with van der Waals surface area (Å²) in [6.45, 7) is 0.875. The second-order valence-electron chi connectivity index (χ2n) is 5.54. The van der Waals surface area contributed by atoms with Crippen molar-refractivity contribution in [2.45, 2.75) is 23.2 Å². The molecule has 0 radical (unpaired) electrons. The maximum atomic E-state index is 12.6. The van der Waals surface area contributed by atoms with Crippen molar-refractivity contribution in [3.63, 3.8) is 0 Å². The molecule has 1 unspecified atom stereocenters. The number of nitrogens with zero attached hydrogens (tertiary/aromatic N) is 2. The molecule has 0 aliphatic carbocycles. The van der Waals surface area contributed by atoms with Crippen LogP contribution in [0.15, 0.2) is 45.4 Å². The molecular weight excluding hydrogens is 344 g/mol. The van der Waals surface area contributed by atoms with Gasteiger partial charge in [-0.05, 0) is 47.4 Å². The predicted octanol–water partition coefficient (Wildman–Crippen LogP) is 4.81. The van der Waals surface area contributed by atoms with Crippen LogP contribution in [0.1, 0.15) is 24.4 Å². The molecule has 1 atom stereocenters. The zero-order valence-corrected chi connectivity index (χ0v) is 14.9. The van der Waals surface area contributed by atoms with E-state index in [0.717, 1.165) is 29.2 Å². The maximum absolute atomic E-state index is 12.6. The number of rotatable bonds is 4. The number of carbonyl (C=O) groups is 1. The van der Waals surface area contributed by atoms with E-state index in [4.69, 9.17) is 0 Å². The number of thiophene rings is 1. The molecule has 3 nitrogen and oxygen atoms in total. The van der Waals surface area contributed by atoms with Gasteiger partial charge in [-0.1, -0.05) is 23.9 Å². The Morgan fingerprint density at radius 1 is 1.35 bits per heavy atom. The number of fused-ring (bicyclic) bond motifs is 1. The van der Waals surface area contributed by atoms with Gasteiger partial charge in [0.05, 0.1) is 22.0 Å². The van der Waals surface area contributed by atoms with Crippen LogP contribution in [0.25, 0.3) is 10.2 Å². The fourth-order valence-corrected chi connectivity index (χ4v) is 5.66. The summed E-state index contributed by atoms with van der Waals surface area (Å²) in [5.41, 5.74) is 2.30. The van der Waals surface area contributed by atoms with Gasteiger partial charge in [-0.3, -0.25) is 4.79 Å². The van der Waals surface area contributed by atoms with Gasteiger partial charge in [0.25, 0.3) is 0 Å². The fraction of sp³-hybridized carbons (Fsp3) is 0.294.